The molecule has 0 aliphatic carbocycles. The summed E-state index contributed by atoms with van der Waals surface area (Å²) in [6.45, 7) is 8.04. The van der Waals surface area contributed by atoms with Crippen molar-refractivity contribution in [2.75, 3.05) is 90.4 Å². The van der Waals surface area contributed by atoms with E-state index in [2.05, 4.69) is 20.9 Å². The fourth-order valence-corrected chi connectivity index (χ4v) is 5.74. The van der Waals surface area contributed by atoms with Gasteiger partial charge in [-0.1, -0.05) is 0 Å². The van der Waals surface area contributed by atoms with Crippen LogP contribution in [-0.4, -0.2) is 115 Å². The van der Waals surface area contributed by atoms with Gasteiger partial charge in [0.2, 0.25) is 0 Å². The molecule has 2 N–H and O–H groups in total. The molecular weight excluding hydrogens is 492 g/mol. The Morgan fingerprint density at radius 1 is 1.16 bits per heavy atom. The van der Waals surface area contributed by atoms with Crippen LogP contribution in [0.25, 0.3) is 21.6 Å². The summed E-state index contributed by atoms with van der Waals surface area (Å²) in [5.74, 6) is 2.07. The molecule has 2 amide bonds. The molecule has 5 rings (SSSR count). The van der Waals surface area contributed by atoms with Crippen molar-refractivity contribution >= 4 is 39.2 Å². The number of nitrogen functional groups attached to an aromatic ring is 1. The number of nitrogens with two attached hydrogens (primary N) is 1. The van der Waals surface area contributed by atoms with Crippen LogP contribution in [0.4, 0.5) is 16.4 Å². The molecule has 0 atom stereocenters. The number of piperazine rings is 1. The van der Waals surface area contributed by atoms with Gasteiger partial charge in [-0.15, -0.1) is 11.3 Å². The molecule has 2 aliphatic heterocycles. The molecule has 0 aromatic carbocycles. The number of morpholine rings is 1. The van der Waals surface area contributed by atoms with Gasteiger partial charge in [0.1, 0.15) is 5.82 Å². The van der Waals surface area contributed by atoms with Crippen molar-refractivity contribution in [3.8, 4) is 11.4 Å². The zero-order valence-electron chi connectivity index (χ0n) is 21.4. The van der Waals surface area contributed by atoms with E-state index in [0.717, 1.165) is 54.3 Å². The molecule has 198 valence electrons. The maximum Gasteiger partial charge on any atom is 0.319 e. The summed E-state index contributed by atoms with van der Waals surface area (Å²) in [5.41, 5.74) is 7.57. The first-order valence-corrected chi connectivity index (χ1v) is 13.4. The minimum atomic E-state index is 0.0636. The monoisotopic (exact) mass is 526 g/mol. The van der Waals surface area contributed by atoms with Crippen LogP contribution in [0.5, 0.6) is 0 Å². The predicted molar refractivity (Wildman–Crippen MR) is 145 cm³/mol. The largest absolute Gasteiger partial charge is 0.384 e. The summed E-state index contributed by atoms with van der Waals surface area (Å²) in [6, 6.07) is 5.92. The number of amides is 2. The van der Waals surface area contributed by atoms with Gasteiger partial charge in [0, 0.05) is 83.2 Å². The van der Waals surface area contributed by atoms with Crippen LogP contribution in [-0.2, 0) is 16.0 Å². The number of ether oxygens (including phenoxy) is 2. The number of hydrogen-bond acceptors (Lipinski definition) is 10. The number of anilines is 2. The van der Waals surface area contributed by atoms with Crippen LogP contribution in [0.15, 0.2) is 24.4 Å². The number of pyridine rings is 1. The van der Waals surface area contributed by atoms with E-state index in [-0.39, 0.29) is 6.03 Å². The van der Waals surface area contributed by atoms with E-state index in [1.54, 1.807) is 35.6 Å². The van der Waals surface area contributed by atoms with Crippen LogP contribution in [0, 0.1) is 0 Å². The summed E-state index contributed by atoms with van der Waals surface area (Å²) in [7, 11) is 3.48. The van der Waals surface area contributed by atoms with Crippen LogP contribution >= 0.6 is 11.3 Å². The van der Waals surface area contributed by atoms with Crippen molar-refractivity contribution in [1.82, 2.24) is 29.7 Å². The highest BCUT2D eigenvalue weighted by Crippen LogP contribution is 2.35. The molecule has 0 bridgehead atoms. The quantitative estimate of drug-likeness (QED) is 0.494. The number of likely N-dealkylation sites (N-methyl/N-ethyl adjacent to an activating group) is 1. The van der Waals surface area contributed by atoms with E-state index in [9.17, 15) is 4.79 Å². The van der Waals surface area contributed by atoms with E-state index < -0.39 is 0 Å². The maximum absolute atomic E-state index is 12.7. The van der Waals surface area contributed by atoms with Gasteiger partial charge in [0.25, 0.3) is 0 Å². The molecular formula is C25H34N8O3S. The van der Waals surface area contributed by atoms with Crippen LogP contribution in [0.1, 0.15) is 4.88 Å². The Morgan fingerprint density at radius 3 is 2.65 bits per heavy atom. The number of carbonyl (C=O) groups excluding carboxylic acids is 1. The highest BCUT2D eigenvalue weighted by molar-refractivity contribution is 7.19. The first-order valence-electron chi connectivity index (χ1n) is 12.6. The topological polar surface area (TPSA) is 113 Å². The molecule has 0 unspecified atom stereocenters. The number of fused-ring (bicyclic) bond motifs is 1. The summed E-state index contributed by atoms with van der Waals surface area (Å²) in [6.07, 6.45) is 1.72. The molecule has 2 aliphatic rings. The highest BCUT2D eigenvalue weighted by Gasteiger charge is 2.25. The minimum absolute atomic E-state index is 0.0636. The number of urea groups is 1. The van der Waals surface area contributed by atoms with Crippen molar-refractivity contribution in [1.29, 1.82) is 0 Å². The number of carbonyl (C=O) groups is 1. The van der Waals surface area contributed by atoms with Crippen molar-refractivity contribution in [3.63, 3.8) is 0 Å². The van der Waals surface area contributed by atoms with E-state index >= 15 is 0 Å². The lowest BCUT2D eigenvalue weighted by atomic mass is 10.2. The molecule has 0 spiro atoms. The number of nitrogens with zero attached hydrogens (tertiary/aromatic N) is 7. The smallest absolute Gasteiger partial charge is 0.319 e. The predicted octanol–water partition coefficient (Wildman–Crippen LogP) is 1.99. The van der Waals surface area contributed by atoms with Gasteiger partial charge in [-0.3, -0.25) is 4.90 Å². The van der Waals surface area contributed by atoms with E-state index in [1.807, 2.05) is 18.0 Å². The van der Waals surface area contributed by atoms with E-state index in [1.165, 1.54) is 4.88 Å². The van der Waals surface area contributed by atoms with E-state index in [0.29, 0.717) is 51.1 Å². The Kier molecular flexibility index (Phi) is 7.99. The Labute approximate surface area is 220 Å². The third kappa shape index (κ3) is 5.93. The number of hydrogen-bond donors (Lipinski definition) is 1. The summed E-state index contributed by atoms with van der Waals surface area (Å²) < 4.78 is 11.8. The van der Waals surface area contributed by atoms with Gasteiger partial charge in [-0.25, -0.2) is 19.7 Å². The summed E-state index contributed by atoms with van der Waals surface area (Å²) in [4.78, 5) is 36.3. The minimum Gasteiger partial charge on any atom is -0.384 e. The van der Waals surface area contributed by atoms with Crippen molar-refractivity contribution in [2.24, 2.45) is 0 Å². The van der Waals surface area contributed by atoms with Gasteiger partial charge in [-0.2, -0.15) is 0 Å². The number of thiophene rings is 1. The molecule has 37 heavy (non-hydrogen) atoms. The molecule has 12 heteroatoms. The van der Waals surface area contributed by atoms with Crippen molar-refractivity contribution in [3.05, 3.63) is 29.3 Å². The lowest BCUT2D eigenvalue weighted by Crippen LogP contribution is -2.52. The first kappa shape index (κ1) is 25.6. The second kappa shape index (κ2) is 11.5. The van der Waals surface area contributed by atoms with Gasteiger partial charge in [0.15, 0.2) is 11.6 Å². The second-order valence-electron chi connectivity index (χ2n) is 9.33. The molecule has 2 saturated heterocycles. The SMILES string of the molecule is COCCN(C)C(=O)N1CCN(Cc2cc3nc(-c4ccc(N)nc4)nc(N4CCOCC4)c3s2)CC1. The van der Waals surface area contributed by atoms with Crippen LogP contribution in [0.3, 0.4) is 0 Å². The van der Waals surface area contributed by atoms with Crippen LogP contribution in [0.2, 0.25) is 0 Å². The lowest BCUT2D eigenvalue weighted by molar-refractivity contribution is 0.105. The number of rotatable bonds is 7. The zero-order chi connectivity index (χ0) is 25.8. The second-order valence-corrected chi connectivity index (χ2v) is 10.5. The molecule has 5 heterocycles. The van der Waals surface area contributed by atoms with Crippen molar-refractivity contribution in [2.45, 2.75) is 6.54 Å². The van der Waals surface area contributed by atoms with Gasteiger partial charge in [-0.05, 0) is 18.2 Å². The molecule has 3 aromatic heterocycles. The lowest BCUT2D eigenvalue weighted by Gasteiger charge is -2.36. The number of methoxy groups -OCH3 is 1. The molecule has 11 nitrogen and oxygen atoms in total. The average molecular weight is 527 g/mol. The van der Waals surface area contributed by atoms with E-state index in [4.69, 9.17) is 25.2 Å². The standard InChI is InChI=1S/C25H34N8O3S/c1-30(9-12-35-2)25(34)33-7-5-31(6-8-33)17-19-15-20-22(37-19)24(32-10-13-36-14-11-32)29-23(28-20)18-3-4-21(26)27-16-18/h3-4,15-16H,5-14,17H2,1-2H3,(H2,26,27). The molecule has 2 fully saturated rings. The fourth-order valence-electron chi connectivity index (χ4n) is 4.58. The van der Waals surface area contributed by atoms with Crippen LogP contribution < -0.4 is 10.6 Å². The normalized spacial score (nSPS) is 16.9. The van der Waals surface area contributed by atoms with Crippen molar-refractivity contribution < 1.29 is 14.3 Å². The third-order valence-electron chi connectivity index (χ3n) is 6.74. The molecule has 0 saturated carbocycles. The Morgan fingerprint density at radius 2 is 1.95 bits per heavy atom. The zero-order valence-corrected chi connectivity index (χ0v) is 22.2. The Hall–Kier alpha value is -3.06. The molecule has 3 aromatic rings. The Bertz CT molecular complexity index is 1210. The number of aromatic nitrogens is 3. The highest BCUT2D eigenvalue weighted by atomic mass is 32.1. The third-order valence-corrected chi connectivity index (χ3v) is 7.84. The maximum atomic E-state index is 12.7. The summed E-state index contributed by atoms with van der Waals surface area (Å²) >= 11 is 1.75. The molecule has 0 radical (unpaired) electrons. The first-order chi connectivity index (χ1) is 18.0. The Balaban J connectivity index is 1.33. The average Bonchev–Trinajstić information content (AvgIpc) is 3.34. The van der Waals surface area contributed by atoms with Gasteiger partial charge in [0.05, 0.1) is 30.0 Å². The van der Waals surface area contributed by atoms with Gasteiger partial charge >= 0.3 is 6.03 Å². The van der Waals surface area contributed by atoms with Gasteiger partial charge < -0.3 is 29.9 Å². The fraction of sp³-hybridized carbons (Fsp3) is 0.520. The summed E-state index contributed by atoms with van der Waals surface area (Å²) in [5, 5.41) is 0.